The summed E-state index contributed by atoms with van der Waals surface area (Å²) < 4.78 is 14.8. The minimum absolute atomic E-state index is 0.0198. The molecular formula is C64H63BN2O3. The summed E-state index contributed by atoms with van der Waals surface area (Å²) in [6, 6.07) is 46.9. The molecule has 6 heteroatoms. The van der Waals surface area contributed by atoms with Crippen molar-refractivity contribution in [1.82, 2.24) is 0 Å². The molecule has 9 aromatic rings. The van der Waals surface area contributed by atoms with Crippen molar-refractivity contribution in [2.24, 2.45) is 0 Å². The number of para-hydroxylation sites is 1. The zero-order valence-corrected chi connectivity index (χ0v) is 42.7. The van der Waals surface area contributed by atoms with E-state index in [4.69, 9.17) is 8.83 Å². The van der Waals surface area contributed by atoms with Crippen LogP contribution in [0.4, 0.5) is 28.4 Å². The van der Waals surface area contributed by atoms with E-state index in [0.717, 1.165) is 120 Å². The number of hydrogen-bond acceptors (Lipinski definition) is 5. The molecule has 2 aliphatic heterocycles. The van der Waals surface area contributed by atoms with Crippen molar-refractivity contribution in [2.75, 3.05) is 9.71 Å². The van der Waals surface area contributed by atoms with Crippen LogP contribution < -0.4 is 20.8 Å². The normalized spacial score (nSPS) is 18.1. The molecule has 2 aliphatic carbocycles. The van der Waals surface area contributed by atoms with E-state index in [0.29, 0.717) is 0 Å². The molecule has 350 valence electrons. The molecule has 13 rings (SSSR count). The van der Waals surface area contributed by atoms with Gasteiger partial charge in [0.1, 0.15) is 28.2 Å². The Morgan fingerprint density at radius 1 is 0.529 bits per heavy atom. The zero-order valence-electron chi connectivity index (χ0n) is 42.7. The van der Waals surface area contributed by atoms with E-state index in [2.05, 4.69) is 201 Å². The number of phenolic OH excluding ortho intramolecular Hbond substituents is 1. The maximum absolute atomic E-state index is 11.7. The average Bonchev–Trinajstić information content (AvgIpc) is 3.90. The first-order valence-corrected chi connectivity index (χ1v) is 25.6. The molecule has 1 N–H and O–H groups in total. The topological polar surface area (TPSA) is 53.0 Å². The minimum atomic E-state index is -0.430. The lowest BCUT2D eigenvalue weighted by molar-refractivity contribution is 0.332. The Morgan fingerprint density at radius 2 is 1.19 bits per heavy atom. The quantitative estimate of drug-likeness (QED) is 0.179. The first-order valence-electron chi connectivity index (χ1n) is 25.6. The van der Waals surface area contributed by atoms with Crippen molar-refractivity contribution in [3.63, 3.8) is 0 Å². The van der Waals surface area contributed by atoms with Crippen LogP contribution in [0.2, 0.25) is 0 Å². The summed E-state index contributed by atoms with van der Waals surface area (Å²) in [5.74, 6) is 0.217. The van der Waals surface area contributed by atoms with Crippen LogP contribution >= 0.6 is 0 Å². The van der Waals surface area contributed by atoms with Crippen molar-refractivity contribution >= 4 is 79.3 Å². The summed E-state index contributed by atoms with van der Waals surface area (Å²) in [7, 11) is 0. The highest BCUT2D eigenvalue weighted by molar-refractivity contribution is 6.93. The van der Waals surface area contributed by atoms with Gasteiger partial charge in [-0.15, -0.1) is 0 Å². The van der Waals surface area contributed by atoms with E-state index in [1.807, 2.05) is 12.1 Å². The summed E-state index contributed by atoms with van der Waals surface area (Å²) in [6.07, 6.45) is 4.45. The van der Waals surface area contributed by atoms with Crippen molar-refractivity contribution < 1.29 is 13.9 Å². The first kappa shape index (κ1) is 43.4. The summed E-state index contributed by atoms with van der Waals surface area (Å²) in [4.78, 5) is 5.04. The van der Waals surface area contributed by atoms with Crippen LogP contribution in [0.1, 0.15) is 130 Å². The molecule has 0 amide bonds. The fourth-order valence-corrected chi connectivity index (χ4v) is 13.0. The van der Waals surface area contributed by atoms with E-state index in [-0.39, 0.29) is 32.8 Å². The van der Waals surface area contributed by atoms with Gasteiger partial charge >= 0.3 is 6.85 Å². The Morgan fingerprint density at radius 3 is 1.90 bits per heavy atom. The number of anilines is 5. The molecule has 2 aromatic heterocycles. The molecule has 0 saturated carbocycles. The van der Waals surface area contributed by atoms with Gasteiger partial charge in [-0.1, -0.05) is 137 Å². The molecule has 0 radical (unpaired) electrons. The highest BCUT2D eigenvalue weighted by atomic mass is 16.3. The third-order valence-electron chi connectivity index (χ3n) is 17.4. The standard InChI is InChI=1S/C64H63BN2O3/c1-60(2,3)38-21-26-50(43(31-38)37-17-13-12-14-18-37)66-52-35-44-41-19-15-16-20-53(41)69-58(44)55-42-24-23-40(68)33-51(42)67(39-22-25-46-47(32-39)62(6,7)28-27-61(46,4)5)65(56(52)55)59-57(66)45-34-48-49(36-54(45)70-59)64(10,11)30-29-63(48,8)9/h12-26,31-36,68H,27-30H2,1-11H3. The molecule has 7 aromatic carbocycles. The van der Waals surface area contributed by atoms with Crippen LogP contribution in [0.5, 0.6) is 5.75 Å². The second-order valence-corrected chi connectivity index (χ2v) is 24.8. The molecule has 4 heterocycles. The number of aromatic hydroxyl groups is 1. The molecule has 0 unspecified atom stereocenters. The Balaban J connectivity index is 1.22. The minimum Gasteiger partial charge on any atom is -0.508 e. The largest absolute Gasteiger partial charge is 0.508 e. The fourth-order valence-electron chi connectivity index (χ4n) is 13.0. The lowest BCUT2D eigenvalue weighted by Gasteiger charge is -2.46. The molecule has 0 atom stereocenters. The van der Waals surface area contributed by atoms with Gasteiger partial charge in [0.15, 0.2) is 0 Å². The number of fused-ring (bicyclic) bond motifs is 12. The molecular weight excluding hydrogens is 856 g/mol. The lowest BCUT2D eigenvalue weighted by atomic mass is 9.45. The van der Waals surface area contributed by atoms with Crippen LogP contribution in [0.25, 0.3) is 55.2 Å². The maximum Gasteiger partial charge on any atom is 0.376 e. The number of phenols is 1. The average molecular weight is 919 g/mol. The van der Waals surface area contributed by atoms with E-state index in [1.54, 1.807) is 0 Å². The van der Waals surface area contributed by atoms with Crippen LogP contribution in [0.15, 0.2) is 136 Å². The number of nitrogens with zero attached hydrogens (tertiary/aromatic N) is 2. The first-order chi connectivity index (χ1) is 33.2. The van der Waals surface area contributed by atoms with Gasteiger partial charge in [0.25, 0.3) is 0 Å². The third-order valence-corrected chi connectivity index (χ3v) is 17.4. The second kappa shape index (κ2) is 14.2. The van der Waals surface area contributed by atoms with Crippen molar-refractivity contribution in [1.29, 1.82) is 0 Å². The monoisotopic (exact) mass is 918 g/mol. The Bertz CT molecular complexity index is 3690. The van der Waals surface area contributed by atoms with Gasteiger partial charge in [-0.25, -0.2) is 0 Å². The molecule has 0 saturated heterocycles. The Kier molecular flexibility index (Phi) is 8.82. The van der Waals surface area contributed by atoms with Crippen LogP contribution in [0.3, 0.4) is 0 Å². The van der Waals surface area contributed by atoms with E-state index >= 15 is 0 Å². The zero-order chi connectivity index (χ0) is 48.6. The van der Waals surface area contributed by atoms with Crippen LogP contribution in [-0.4, -0.2) is 12.0 Å². The third kappa shape index (κ3) is 6.10. The van der Waals surface area contributed by atoms with E-state index < -0.39 is 6.85 Å². The molecule has 4 aliphatic rings. The predicted octanol–water partition coefficient (Wildman–Crippen LogP) is 16.4. The number of rotatable bonds is 3. The van der Waals surface area contributed by atoms with Gasteiger partial charge in [0.05, 0.1) is 11.4 Å². The van der Waals surface area contributed by atoms with E-state index in [9.17, 15) is 5.11 Å². The van der Waals surface area contributed by atoms with Gasteiger partial charge < -0.3 is 23.7 Å². The summed E-state index contributed by atoms with van der Waals surface area (Å²) in [6.45, 7) is 25.7. The van der Waals surface area contributed by atoms with Gasteiger partial charge in [-0.3, -0.25) is 0 Å². The molecule has 0 bridgehead atoms. The Hall–Kier alpha value is -6.66. The van der Waals surface area contributed by atoms with Gasteiger partial charge in [-0.05, 0) is 152 Å². The molecule has 0 fully saturated rings. The van der Waals surface area contributed by atoms with E-state index in [1.165, 1.54) is 27.8 Å². The van der Waals surface area contributed by atoms with Gasteiger partial charge in [-0.2, -0.15) is 0 Å². The van der Waals surface area contributed by atoms with Crippen molar-refractivity contribution in [3.8, 4) is 28.0 Å². The highest BCUT2D eigenvalue weighted by Crippen LogP contribution is 2.56. The number of benzene rings is 7. The second-order valence-electron chi connectivity index (χ2n) is 24.8. The summed E-state index contributed by atoms with van der Waals surface area (Å²) >= 11 is 0. The van der Waals surface area contributed by atoms with Crippen LogP contribution in [-0.2, 0) is 27.1 Å². The van der Waals surface area contributed by atoms with Crippen LogP contribution in [0, 0.1) is 0 Å². The summed E-state index contributed by atoms with van der Waals surface area (Å²) in [5.41, 5.74) is 20.9. The predicted molar refractivity (Wildman–Crippen MR) is 294 cm³/mol. The SMILES string of the molecule is CC(C)(C)c1ccc(N2c3cc4c(oc5ccccc54)c4c3B(c3oc5cc6c(cc5c32)C(C)(C)CCC6(C)C)N(c2ccc3c(c2)C(C)(C)CCC3(C)C)c2cc(O)ccc2-4)c(-c2ccccc2)c1. The molecule has 70 heavy (non-hydrogen) atoms. The fraction of sp³-hybridized carbons (Fsp3) is 0.312. The molecule has 5 nitrogen and oxygen atoms in total. The number of hydrogen-bond donors (Lipinski definition) is 1. The van der Waals surface area contributed by atoms with Crippen molar-refractivity contribution in [2.45, 2.75) is 129 Å². The van der Waals surface area contributed by atoms with Gasteiger partial charge in [0, 0.05) is 56.0 Å². The lowest BCUT2D eigenvalue weighted by Crippen LogP contribution is -2.61. The maximum atomic E-state index is 11.7. The number of furan rings is 2. The Labute approximate surface area is 413 Å². The van der Waals surface area contributed by atoms with Gasteiger partial charge in [0.2, 0.25) is 0 Å². The summed E-state index contributed by atoms with van der Waals surface area (Å²) in [5, 5.41) is 14.9. The van der Waals surface area contributed by atoms with Crippen molar-refractivity contribution in [3.05, 3.63) is 155 Å². The molecule has 0 spiro atoms. The smallest absolute Gasteiger partial charge is 0.376 e. The highest BCUT2D eigenvalue weighted by Gasteiger charge is 2.51.